The summed E-state index contributed by atoms with van der Waals surface area (Å²) in [6, 6.07) is 11.0. The highest BCUT2D eigenvalue weighted by atomic mass is 127. The molecule has 0 aliphatic rings. The summed E-state index contributed by atoms with van der Waals surface area (Å²) < 4.78 is 22.3. The van der Waals surface area contributed by atoms with Gasteiger partial charge in [0.15, 0.2) is 16.3 Å². The topological polar surface area (TPSA) is 29.9 Å². The van der Waals surface area contributed by atoms with Gasteiger partial charge in [-0.2, -0.15) is 0 Å². The lowest BCUT2D eigenvalue weighted by molar-refractivity contribution is 0.387. The van der Waals surface area contributed by atoms with Crippen LogP contribution in [-0.4, -0.2) is 16.7 Å². The molecule has 0 spiro atoms. The number of ether oxygens (including phenoxy) is 1. The summed E-state index contributed by atoms with van der Waals surface area (Å²) in [4.78, 5) is 3.02. The Balaban J connectivity index is 2.35. The Kier molecular flexibility index (Phi) is 3.51. The lowest BCUT2D eigenvalue weighted by Gasteiger charge is -2.07. The Hall–Kier alpha value is -1.41. The number of H-pyrrole nitrogens is 1. The van der Waals surface area contributed by atoms with E-state index in [-0.39, 0.29) is 5.75 Å². The van der Waals surface area contributed by atoms with Crippen molar-refractivity contribution in [1.82, 2.24) is 9.55 Å². The van der Waals surface area contributed by atoms with Gasteiger partial charge in [-0.05, 0) is 53.0 Å². The van der Waals surface area contributed by atoms with E-state index in [0.717, 1.165) is 14.8 Å². The first kappa shape index (κ1) is 13.6. The van der Waals surface area contributed by atoms with Gasteiger partial charge in [0.2, 0.25) is 0 Å². The van der Waals surface area contributed by atoms with Crippen LogP contribution in [0.4, 0.5) is 4.39 Å². The molecule has 1 heterocycles. The molecular formula is C14H10FIN2OS. The molecule has 0 aliphatic heterocycles. The summed E-state index contributed by atoms with van der Waals surface area (Å²) in [5.41, 5.74) is 2.37. The van der Waals surface area contributed by atoms with E-state index >= 15 is 0 Å². The second kappa shape index (κ2) is 5.17. The van der Waals surface area contributed by atoms with Crippen LogP contribution in [0.1, 0.15) is 0 Å². The Morgan fingerprint density at radius 2 is 2.10 bits per heavy atom. The van der Waals surface area contributed by atoms with Crippen molar-refractivity contribution in [3.05, 3.63) is 50.6 Å². The number of aromatic amines is 1. The summed E-state index contributed by atoms with van der Waals surface area (Å²) >= 11 is 7.59. The predicted molar refractivity (Wildman–Crippen MR) is 87.7 cm³/mol. The van der Waals surface area contributed by atoms with Crippen molar-refractivity contribution in [2.24, 2.45) is 0 Å². The van der Waals surface area contributed by atoms with Crippen LogP contribution in [0.2, 0.25) is 0 Å². The van der Waals surface area contributed by atoms with Crippen LogP contribution in [0.15, 0.2) is 36.4 Å². The molecule has 6 heteroatoms. The molecule has 0 fully saturated rings. The number of fused-ring (bicyclic) bond motifs is 1. The summed E-state index contributed by atoms with van der Waals surface area (Å²) in [6.07, 6.45) is 0. The lowest BCUT2D eigenvalue weighted by atomic mass is 10.2. The van der Waals surface area contributed by atoms with Crippen LogP contribution >= 0.6 is 34.8 Å². The number of aromatic nitrogens is 2. The summed E-state index contributed by atoms with van der Waals surface area (Å²) in [5.74, 6) is -0.211. The molecule has 102 valence electrons. The van der Waals surface area contributed by atoms with E-state index in [1.807, 2.05) is 28.8 Å². The SMILES string of the molecule is COc1cc2c(cc1F)[nH]c(=S)n2-c1cccc(I)c1. The van der Waals surface area contributed by atoms with Crippen molar-refractivity contribution in [2.45, 2.75) is 0 Å². The third-order valence-corrected chi connectivity index (χ3v) is 3.98. The average molecular weight is 400 g/mol. The van der Waals surface area contributed by atoms with E-state index in [0.29, 0.717) is 10.3 Å². The molecule has 3 nitrogen and oxygen atoms in total. The summed E-state index contributed by atoms with van der Waals surface area (Å²) in [6.45, 7) is 0. The van der Waals surface area contributed by atoms with E-state index < -0.39 is 5.82 Å². The number of hydrogen-bond acceptors (Lipinski definition) is 2. The van der Waals surface area contributed by atoms with Gasteiger partial charge in [-0.3, -0.25) is 4.57 Å². The number of methoxy groups -OCH3 is 1. The molecule has 20 heavy (non-hydrogen) atoms. The average Bonchev–Trinajstić information content (AvgIpc) is 2.72. The van der Waals surface area contributed by atoms with Crippen molar-refractivity contribution in [1.29, 1.82) is 0 Å². The Bertz CT molecular complexity index is 856. The fraction of sp³-hybridized carbons (Fsp3) is 0.0714. The van der Waals surface area contributed by atoms with Crippen molar-refractivity contribution in [3.63, 3.8) is 0 Å². The van der Waals surface area contributed by atoms with Gasteiger partial charge >= 0.3 is 0 Å². The van der Waals surface area contributed by atoms with Gasteiger partial charge in [0, 0.05) is 21.4 Å². The standard InChI is InChI=1S/C14H10FIN2OS/c1-19-13-7-12-11(6-10(13)15)17-14(20)18(12)9-4-2-3-8(16)5-9/h2-7H,1H3,(H,17,20). The number of halogens is 2. The van der Waals surface area contributed by atoms with E-state index in [9.17, 15) is 4.39 Å². The van der Waals surface area contributed by atoms with Crippen molar-refractivity contribution in [3.8, 4) is 11.4 Å². The molecule has 0 saturated carbocycles. The Morgan fingerprint density at radius 3 is 2.80 bits per heavy atom. The minimum atomic E-state index is -0.411. The fourth-order valence-corrected chi connectivity index (χ4v) is 2.98. The van der Waals surface area contributed by atoms with E-state index in [1.165, 1.54) is 13.2 Å². The van der Waals surface area contributed by atoms with Gasteiger partial charge < -0.3 is 9.72 Å². The van der Waals surface area contributed by atoms with Crippen molar-refractivity contribution >= 4 is 45.8 Å². The van der Waals surface area contributed by atoms with Gasteiger partial charge in [0.25, 0.3) is 0 Å². The number of nitrogens with zero attached hydrogens (tertiary/aromatic N) is 1. The number of benzene rings is 2. The number of hydrogen-bond donors (Lipinski definition) is 1. The molecule has 1 aromatic heterocycles. The quantitative estimate of drug-likeness (QED) is 0.509. The van der Waals surface area contributed by atoms with Gasteiger partial charge in [-0.1, -0.05) is 6.07 Å². The minimum Gasteiger partial charge on any atom is -0.494 e. The Morgan fingerprint density at radius 1 is 1.30 bits per heavy atom. The first-order valence-electron chi connectivity index (χ1n) is 5.84. The molecule has 3 aromatic rings. The zero-order valence-corrected chi connectivity index (χ0v) is 13.5. The molecule has 0 amide bonds. The molecule has 0 unspecified atom stereocenters. The highest BCUT2D eigenvalue weighted by molar-refractivity contribution is 14.1. The first-order chi connectivity index (χ1) is 9.60. The zero-order valence-electron chi connectivity index (χ0n) is 10.5. The first-order valence-corrected chi connectivity index (χ1v) is 7.33. The largest absolute Gasteiger partial charge is 0.494 e. The van der Waals surface area contributed by atoms with Crippen molar-refractivity contribution in [2.75, 3.05) is 7.11 Å². The van der Waals surface area contributed by atoms with Crippen molar-refractivity contribution < 1.29 is 9.13 Å². The molecule has 1 N–H and O–H groups in total. The smallest absolute Gasteiger partial charge is 0.182 e. The molecule has 0 atom stereocenters. The molecule has 3 rings (SSSR count). The molecule has 0 bridgehead atoms. The predicted octanol–water partition coefficient (Wildman–Crippen LogP) is 4.44. The third kappa shape index (κ3) is 2.22. The van der Waals surface area contributed by atoms with Gasteiger partial charge in [0.05, 0.1) is 18.1 Å². The number of nitrogens with one attached hydrogen (secondary N) is 1. The van der Waals surface area contributed by atoms with E-state index in [1.54, 1.807) is 6.07 Å². The van der Waals surface area contributed by atoms with Crippen LogP contribution in [0.3, 0.4) is 0 Å². The third-order valence-electron chi connectivity index (χ3n) is 3.02. The number of rotatable bonds is 2. The molecule has 0 saturated heterocycles. The van der Waals surface area contributed by atoms with Gasteiger partial charge in [-0.15, -0.1) is 0 Å². The normalized spacial score (nSPS) is 10.9. The maximum Gasteiger partial charge on any atom is 0.182 e. The van der Waals surface area contributed by atoms with Crippen LogP contribution in [0, 0.1) is 14.2 Å². The molecule has 2 aromatic carbocycles. The van der Waals surface area contributed by atoms with Gasteiger partial charge in [0.1, 0.15) is 0 Å². The fourth-order valence-electron chi connectivity index (χ4n) is 2.14. The van der Waals surface area contributed by atoms with Crippen LogP contribution in [0.25, 0.3) is 16.7 Å². The monoisotopic (exact) mass is 400 g/mol. The van der Waals surface area contributed by atoms with E-state index in [2.05, 4.69) is 27.6 Å². The van der Waals surface area contributed by atoms with E-state index in [4.69, 9.17) is 17.0 Å². The second-order valence-electron chi connectivity index (χ2n) is 4.25. The maximum atomic E-state index is 13.7. The summed E-state index contributed by atoms with van der Waals surface area (Å²) in [5, 5.41) is 0. The minimum absolute atomic E-state index is 0.200. The highest BCUT2D eigenvalue weighted by Gasteiger charge is 2.11. The number of imidazole rings is 1. The second-order valence-corrected chi connectivity index (χ2v) is 5.88. The molecule has 0 aliphatic carbocycles. The highest BCUT2D eigenvalue weighted by Crippen LogP contribution is 2.27. The summed E-state index contributed by atoms with van der Waals surface area (Å²) in [7, 11) is 1.45. The zero-order chi connectivity index (χ0) is 14.3. The Labute approximate surface area is 133 Å². The van der Waals surface area contributed by atoms with Crippen LogP contribution < -0.4 is 4.74 Å². The maximum absolute atomic E-state index is 13.7. The van der Waals surface area contributed by atoms with Gasteiger partial charge in [-0.25, -0.2) is 4.39 Å². The molecular weight excluding hydrogens is 390 g/mol. The van der Waals surface area contributed by atoms with Crippen LogP contribution in [-0.2, 0) is 0 Å². The van der Waals surface area contributed by atoms with Crippen LogP contribution in [0.5, 0.6) is 5.75 Å². The molecule has 0 radical (unpaired) electrons. The lowest BCUT2D eigenvalue weighted by Crippen LogP contribution is -1.95.